The highest BCUT2D eigenvalue weighted by molar-refractivity contribution is 5.83. The number of hydrogen-bond donors (Lipinski definition) is 2. The number of amides is 1. The van der Waals surface area contributed by atoms with Gasteiger partial charge in [-0.2, -0.15) is 0 Å². The summed E-state index contributed by atoms with van der Waals surface area (Å²) in [6.45, 7) is 14.1. The molecule has 0 unspecified atom stereocenters. The van der Waals surface area contributed by atoms with Crippen LogP contribution in [0.15, 0.2) is 0 Å². The second kappa shape index (κ2) is 6.23. The highest BCUT2D eigenvalue weighted by atomic mass is 16.2. The molecule has 1 aliphatic rings. The minimum absolute atomic E-state index is 0.0675. The van der Waals surface area contributed by atoms with Gasteiger partial charge in [0.05, 0.1) is 5.41 Å². The van der Waals surface area contributed by atoms with Crippen molar-refractivity contribution in [3.63, 3.8) is 0 Å². The molecular formula is C15H31N3O. The normalized spacial score (nSPS) is 19.5. The monoisotopic (exact) mass is 269 g/mol. The quantitative estimate of drug-likeness (QED) is 0.797. The third-order valence-corrected chi connectivity index (χ3v) is 4.88. The van der Waals surface area contributed by atoms with E-state index >= 15 is 0 Å². The van der Waals surface area contributed by atoms with Crippen LogP contribution in [0.25, 0.3) is 0 Å². The number of nitrogens with one attached hydrogen (secondary N) is 1. The topological polar surface area (TPSA) is 58.4 Å². The van der Waals surface area contributed by atoms with E-state index in [2.05, 4.69) is 17.1 Å². The molecule has 1 aliphatic heterocycles. The number of nitrogens with two attached hydrogens (primary N) is 1. The number of likely N-dealkylation sites (tertiary alicyclic amines) is 1. The van der Waals surface area contributed by atoms with E-state index in [4.69, 9.17) is 5.73 Å². The van der Waals surface area contributed by atoms with Gasteiger partial charge in [-0.15, -0.1) is 0 Å². The molecule has 1 fully saturated rings. The molecule has 0 bridgehead atoms. The summed E-state index contributed by atoms with van der Waals surface area (Å²) in [6.07, 6.45) is 2.36. The van der Waals surface area contributed by atoms with Crippen molar-refractivity contribution in [3.05, 3.63) is 0 Å². The van der Waals surface area contributed by atoms with Crippen molar-refractivity contribution in [1.29, 1.82) is 0 Å². The smallest absolute Gasteiger partial charge is 0.227 e. The van der Waals surface area contributed by atoms with E-state index in [9.17, 15) is 4.79 Å². The van der Waals surface area contributed by atoms with Gasteiger partial charge in [0.1, 0.15) is 0 Å². The number of carbonyl (C=O) groups is 1. The molecule has 1 heterocycles. The summed E-state index contributed by atoms with van der Waals surface area (Å²) in [4.78, 5) is 14.7. The van der Waals surface area contributed by atoms with Crippen LogP contribution >= 0.6 is 0 Å². The first-order valence-electron chi connectivity index (χ1n) is 7.48. The summed E-state index contributed by atoms with van der Waals surface area (Å²) in [5, 5.41) is 3.09. The lowest BCUT2D eigenvalue weighted by Gasteiger charge is -2.38. The second-order valence-electron chi connectivity index (χ2n) is 6.93. The van der Waals surface area contributed by atoms with E-state index in [1.807, 2.05) is 27.7 Å². The Morgan fingerprint density at radius 3 is 2.21 bits per heavy atom. The summed E-state index contributed by atoms with van der Waals surface area (Å²) in [5.41, 5.74) is 5.04. The lowest BCUT2D eigenvalue weighted by molar-refractivity contribution is -0.132. The fraction of sp³-hybridized carbons (Fsp3) is 0.933. The zero-order valence-electron chi connectivity index (χ0n) is 13.3. The molecule has 0 spiro atoms. The first-order chi connectivity index (χ1) is 8.68. The van der Waals surface area contributed by atoms with Crippen LogP contribution in [-0.4, -0.2) is 42.5 Å². The largest absolute Gasteiger partial charge is 0.355 e. The van der Waals surface area contributed by atoms with Crippen molar-refractivity contribution in [1.82, 2.24) is 10.2 Å². The number of hydrogen-bond acceptors (Lipinski definition) is 3. The average molecular weight is 269 g/mol. The van der Waals surface area contributed by atoms with Gasteiger partial charge in [-0.1, -0.05) is 6.92 Å². The van der Waals surface area contributed by atoms with Crippen LogP contribution in [0.4, 0.5) is 0 Å². The molecule has 1 amide bonds. The zero-order chi connectivity index (χ0) is 14.7. The lowest BCUT2D eigenvalue weighted by atomic mass is 9.74. The fourth-order valence-electron chi connectivity index (χ4n) is 2.26. The SMILES string of the molecule is CCN1CCC(CNC(=O)C(C)(C)C(C)(C)N)CC1. The van der Waals surface area contributed by atoms with Gasteiger partial charge in [0.2, 0.25) is 5.91 Å². The summed E-state index contributed by atoms with van der Waals surface area (Å²) in [6, 6.07) is 0. The minimum Gasteiger partial charge on any atom is -0.355 e. The molecule has 112 valence electrons. The van der Waals surface area contributed by atoms with Crippen LogP contribution in [-0.2, 0) is 4.79 Å². The zero-order valence-corrected chi connectivity index (χ0v) is 13.3. The van der Waals surface area contributed by atoms with E-state index in [1.54, 1.807) is 0 Å². The Morgan fingerprint density at radius 2 is 1.79 bits per heavy atom. The number of rotatable bonds is 5. The standard InChI is InChI=1S/C15H31N3O/c1-6-18-9-7-12(8-10-18)11-17-13(19)14(2,3)15(4,5)16/h12H,6-11,16H2,1-5H3,(H,17,19). The predicted molar refractivity (Wildman–Crippen MR) is 79.9 cm³/mol. The Hall–Kier alpha value is -0.610. The van der Waals surface area contributed by atoms with E-state index in [1.165, 1.54) is 12.8 Å². The van der Waals surface area contributed by atoms with Gasteiger partial charge in [-0.3, -0.25) is 4.79 Å². The molecule has 0 atom stereocenters. The summed E-state index contributed by atoms with van der Waals surface area (Å²) < 4.78 is 0. The Labute approximate surface area is 118 Å². The summed E-state index contributed by atoms with van der Waals surface area (Å²) in [7, 11) is 0. The van der Waals surface area contributed by atoms with Crippen molar-refractivity contribution in [2.45, 2.75) is 53.0 Å². The summed E-state index contributed by atoms with van der Waals surface area (Å²) >= 11 is 0. The molecule has 4 nitrogen and oxygen atoms in total. The number of nitrogens with zero attached hydrogens (tertiary/aromatic N) is 1. The van der Waals surface area contributed by atoms with Gasteiger partial charge in [0.25, 0.3) is 0 Å². The summed E-state index contributed by atoms with van der Waals surface area (Å²) in [5.74, 6) is 0.682. The maximum Gasteiger partial charge on any atom is 0.227 e. The third-order valence-electron chi connectivity index (χ3n) is 4.88. The molecular weight excluding hydrogens is 238 g/mol. The van der Waals surface area contributed by atoms with Crippen molar-refractivity contribution in [3.8, 4) is 0 Å². The Balaban J connectivity index is 2.39. The maximum atomic E-state index is 12.3. The van der Waals surface area contributed by atoms with Crippen molar-refractivity contribution < 1.29 is 4.79 Å². The van der Waals surface area contributed by atoms with Gasteiger partial charge >= 0.3 is 0 Å². The van der Waals surface area contributed by atoms with E-state index in [0.717, 1.165) is 26.2 Å². The highest BCUT2D eigenvalue weighted by Gasteiger charge is 2.40. The first-order valence-corrected chi connectivity index (χ1v) is 7.48. The first kappa shape index (κ1) is 16.4. The molecule has 0 radical (unpaired) electrons. The third kappa shape index (κ3) is 4.18. The van der Waals surface area contributed by atoms with Crippen molar-refractivity contribution >= 4 is 5.91 Å². The Bertz CT molecular complexity index is 299. The maximum absolute atomic E-state index is 12.3. The van der Waals surface area contributed by atoms with E-state index < -0.39 is 11.0 Å². The highest BCUT2D eigenvalue weighted by Crippen LogP contribution is 2.28. The second-order valence-corrected chi connectivity index (χ2v) is 6.93. The van der Waals surface area contributed by atoms with E-state index in [0.29, 0.717) is 5.92 Å². The molecule has 0 aromatic rings. The van der Waals surface area contributed by atoms with Crippen LogP contribution in [0.1, 0.15) is 47.5 Å². The van der Waals surface area contributed by atoms with Gasteiger partial charge in [0, 0.05) is 12.1 Å². The Kier molecular flexibility index (Phi) is 5.39. The Morgan fingerprint density at radius 1 is 1.26 bits per heavy atom. The van der Waals surface area contributed by atoms with Crippen LogP contribution < -0.4 is 11.1 Å². The number of carbonyl (C=O) groups excluding carboxylic acids is 1. The molecule has 1 rings (SSSR count). The van der Waals surface area contributed by atoms with Crippen LogP contribution in [0.5, 0.6) is 0 Å². The van der Waals surface area contributed by atoms with Gasteiger partial charge in [-0.25, -0.2) is 0 Å². The fourth-order valence-corrected chi connectivity index (χ4v) is 2.26. The molecule has 0 saturated carbocycles. The molecule has 19 heavy (non-hydrogen) atoms. The molecule has 0 aromatic heterocycles. The van der Waals surface area contributed by atoms with Gasteiger partial charge in [-0.05, 0) is 66.1 Å². The van der Waals surface area contributed by atoms with Gasteiger partial charge < -0.3 is 16.0 Å². The molecule has 0 aliphatic carbocycles. The van der Waals surface area contributed by atoms with Crippen molar-refractivity contribution in [2.24, 2.45) is 17.1 Å². The van der Waals surface area contributed by atoms with E-state index in [-0.39, 0.29) is 5.91 Å². The average Bonchev–Trinajstić information content (AvgIpc) is 2.35. The van der Waals surface area contributed by atoms with Crippen LogP contribution in [0.3, 0.4) is 0 Å². The molecule has 3 N–H and O–H groups in total. The lowest BCUT2D eigenvalue weighted by Crippen LogP contribution is -2.56. The van der Waals surface area contributed by atoms with Crippen LogP contribution in [0, 0.1) is 11.3 Å². The van der Waals surface area contributed by atoms with Gasteiger partial charge in [0.15, 0.2) is 0 Å². The van der Waals surface area contributed by atoms with Crippen LogP contribution in [0.2, 0.25) is 0 Å². The predicted octanol–water partition coefficient (Wildman–Crippen LogP) is 1.60. The molecule has 1 saturated heterocycles. The number of piperidine rings is 1. The molecule has 0 aromatic carbocycles. The minimum atomic E-state index is -0.545. The molecule has 4 heteroatoms. The van der Waals surface area contributed by atoms with Crippen molar-refractivity contribution in [2.75, 3.05) is 26.2 Å².